The van der Waals surface area contributed by atoms with Gasteiger partial charge in [-0.25, -0.2) is 0 Å². The maximum atomic E-state index is 10.9. The number of nitrogens with zero attached hydrogens (tertiary/aromatic N) is 2. The number of fused-ring (bicyclic) bond motifs is 1. The Kier molecular flexibility index (Phi) is 3.69. The third kappa shape index (κ3) is 2.38. The number of nitrogens with one attached hydrogen (secondary N) is 2. The zero-order chi connectivity index (χ0) is 13.0. The third-order valence-electron chi connectivity index (χ3n) is 2.68. The van der Waals surface area contributed by atoms with Gasteiger partial charge in [-0.2, -0.15) is 0 Å². The first-order valence-corrected chi connectivity index (χ1v) is 5.63. The number of hydrogen-bond acceptors (Lipinski definition) is 5. The maximum absolute atomic E-state index is 10.9. The molecule has 2 rings (SSSR count). The Morgan fingerprint density at radius 3 is 2.83 bits per heavy atom. The average Bonchev–Trinajstić information content (AvgIpc) is 2.38. The quantitative estimate of drug-likeness (QED) is 0.477. The number of nitro benzene ring substituents is 1. The molecule has 2 aromatic rings. The number of anilines is 1. The molecule has 6 nitrogen and oxygen atoms in total. The van der Waals surface area contributed by atoms with Gasteiger partial charge in [-0.15, -0.1) is 0 Å². The van der Waals surface area contributed by atoms with E-state index >= 15 is 0 Å². The van der Waals surface area contributed by atoms with Crippen LogP contribution in [-0.2, 0) is 0 Å². The second-order valence-corrected chi connectivity index (χ2v) is 3.84. The van der Waals surface area contributed by atoms with E-state index in [2.05, 4.69) is 15.6 Å². The van der Waals surface area contributed by atoms with E-state index in [-0.39, 0.29) is 10.6 Å². The number of benzene rings is 1. The molecule has 0 saturated heterocycles. The van der Waals surface area contributed by atoms with Crippen LogP contribution in [0.1, 0.15) is 0 Å². The summed E-state index contributed by atoms with van der Waals surface area (Å²) in [6.45, 7) is 1.58. The Balaban J connectivity index is 2.44. The summed E-state index contributed by atoms with van der Waals surface area (Å²) in [4.78, 5) is 14.5. The van der Waals surface area contributed by atoms with Crippen molar-refractivity contribution in [2.24, 2.45) is 0 Å². The molecule has 0 fully saturated rings. The van der Waals surface area contributed by atoms with Crippen molar-refractivity contribution in [2.45, 2.75) is 0 Å². The summed E-state index contributed by atoms with van der Waals surface area (Å²) in [5.41, 5.74) is 0.963. The van der Waals surface area contributed by atoms with Crippen molar-refractivity contribution in [1.82, 2.24) is 10.3 Å². The smallest absolute Gasteiger partial charge is 0.278 e. The van der Waals surface area contributed by atoms with E-state index in [9.17, 15) is 10.1 Å². The fourth-order valence-corrected chi connectivity index (χ4v) is 1.81. The summed E-state index contributed by atoms with van der Waals surface area (Å²) < 4.78 is 0. The molecule has 0 aliphatic rings. The molecular weight excluding hydrogens is 232 g/mol. The first kappa shape index (κ1) is 12.3. The lowest BCUT2D eigenvalue weighted by Gasteiger charge is -2.09. The molecule has 94 valence electrons. The summed E-state index contributed by atoms with van der Waals surface area (Å²) in [6, 6.07) is 5.02. The average molecular weight is 246 g/mol. The number of aromatic nitrogens is 1. The fourth-order valence-electron chi connectivity index (χ4n) is 1.81. The van der Waals surface area contributed by atoms with E-state index < -0.39 is 0 Å². The molecule has 0 atom stereocenters. The van der Waals surface area contributed by atoms with Crippen LogP contribution in [0.3, 0.4) is 0 Å². The highest BCUT2D eigenvalue weighted by molar-refractivity contribution is 5.99. The fraction of sp³-hybridized carbons (Fsp3) is 0.250. The van der Waals surface area contributed by atoms with E-state index in [1.165, 1.54) is 12.3 Å². The SMILES string of the molecule is CNCCNc1ccc([N+](=O)[O-])c2cnccc12. The predicted octanol–water partition coefficient (Wildman–Crippen LogP) is 1.77. The molecule has 6 heteroatoms. The predicted molar refractivity (Wildman–Crippen MR) is 70.8 cm³/mol. The second-order valence-electron chi connectivity index (χ2n) is 3.84. The molecule has 1 aromatic carbocycles. The number of pyridine rings is 1. The van der Waals surface area contributed by atoms with Crippen LogP contribution in [0.25, 0.3) is 10.8 Å². The summed E-state index contributed by atoms with van der Waals surface area (Å²) in [7, 11) is 1.87. The van der Waals surface area contributed by atoms with E-state index in [0.717, 1.165) is 24.2 Å². The van der Waals surface area contributed by atoms with Gasteiger partial charge in [0.05, 0.1) is 10.3 Å². The lowest BCUT2D eigenvalue weighted by Crippen LogP contribution is -2.17. The number of likely N-dealkylation sites (N-methyl/N-ethyl adjacent to an activating group) is 1. The molecular formula is C12H14N4O2. The summed E-state index contributed by atoms with van der Waals surface area (Å²) in [5, 5.41) is 18.6. The van der Waals surface area contributed by atoms with Crippen molar-refractivity contribution >= 4 is 22.1 Å². The molecule has 0 saturated carbocycles. The molecule has 2 N–H and O–H groups in total. The molecule has 0 radical (unpaired) electrons. The minimum absolute atomic E-state index is 0.0808. The van der Waals surface area contributed by atoms with Gasteiger partial charge < -0.3 is 10.6 Å². The second kappa shape index (κ2) is 5.42. The van der Waals surface area contributed by atoms with Crippen LogP contribution in [-0.4, -0.2) is 30.0 Å². The molecule has 0 aliphatic carbocycles. The topological polar surface area (TPSA) is 80.1 Å². The number of rotatable bonds is 5. The zero-order valence-electron chi connectivity index (χ0n) is 10.0. The largest absolute Gasteiger partial charge is 0.383 e. The van der Waals surface area contributed by atoms with Crippen LogP contribution in [0.5, 0.6) is 0 Å². The highest BCUT2D eigenvalue weighted by Gasteiger charge is 2.13. The summed E-state index contributed by atoms with van der Waals surface area (Å²) >= 11 is 0. The maximum Gasteiger partial charge on any atom is 0.278 e. The van der Waals surface area contributed by atoms with E-state index in [0.29, 0.717) is 5.39 Å². The van der Waals surface area contributed by atoms with Gasteiger partial charge in [0, 0.05) is 42.6 Å². The van der Waals surface area contributed by atoms with Gasteiger partial charge in [0.1, 0.15) is 0 Å². The van der Waals surface area contributed by atoms with Crippen molar-refractivity contribution in [2.75, 3.05) is 25.5 Å². The Bertz CT molecular complexity index is 571. The van der Waals surface area contributed by atoms with Crippen LogP contribution in [0.15, 0.2) is 30.6 Å². The Hall–Kier alpha value is -2.21. The van der Waals surface area contributed by atoms with Gasteiger partial charge in [0.2, 0.25) is 0 Å². The van der Waals surface area contributed by atoms with Crippen molar-refractivity contribution in [3.63, 3.8) is 0 Å². The highest BCUT2D eigenvalue weighted by atomic mass is 16.6. The van der Waals surface area contributed by atoms with Gasteiger partial charge in [-0.1, -0.05) is 0 Å². The molecule has 0 amide bonds. The van der Waals surface area contributed by atoms with Crippen LogP contribution in [0, 0.1) is 10.1 Å². The third-order valence-corrected chi connectivity index (χ3v) is 2.68. The van der Waals surface area contributed by atoms with Crippen LogP contribution in [0.2, 0.25) is 0 Å². The summed E-state index contributed by atoms with van der Waals surface area (Å²) in [6.07, 6.45) is 3.16. The Morgan fingerprint density at radius 1 is 1.28 bits per heavy atom. The normalized spacial score (nSPS) is 10.5. The van der Waals surface area contributed by atoms with Crippen LogP contribution in [0.4, 0.5) is 11.4 Å². The molecule has 0 unspecified atom stereocenters. The van der Waals surface area contributed by atoms with Gasteiger partial charge in [0.25, 0.3) is 5.69 Å². The molecule has 0 bridgehead atoms. The lowest BCUT2D eigenvalue weighted by atomic mass is 10.1. The molecule has 18 heavy (non-hydrogen) atoms. The minimum Gasteiger partial charge on any atom is -0.383 e. The Morgan fingerprint density at radius 2 is 2.11 bits per heavy atom. The summed E-state index contributed by atoms with van der Waals surface area (Å²) in [5.74, 6) is 0. The highest BCUT2D eigenvalue weighted by Crippen LogP contribution is 2.30. The molecule has 0 spiro atoms. The van der Waals surface area contributed by atoms with Crippen molar-refractivity contribution in [3.8, 4) is 0 Å². The monoisotopic (exact) mass is 246 g/mol. The number of nitro groups is 1. The van der Waals surface area contributed by atoms with Crippen LogP contribution < -0.4 is 10.6 Å². The van der Waals surface area contributed by atoms with E-state index in [1.54, 1.807) is 18.3 Å². The zero-order valence-corrected chi connectivity index (χ0v) is 10.0. The minimum atomic E-state index is -0.388. The van der Waals surface area contributed by atoms with Crippen LogP contribution >= 0.6 is 0 Å². The first-order chi connectivity index (χ1) is 8.74. The molecule has 1 heterocycles. The van der Waals surface area contributed by atoms with Gasteiger partial charge in [-0.05, 0) is 19.2 Å². The van der Waals surface area contributed by atoms with Gasteiger partial charge in [0.15, 0.2) is 0 Å². The van der Waals surface area contributed by atoms with Crippen molar-refractivity contribution < 1.29 is 4.92 Å². The number of non-ortho nitro benzene ring substituents is 1. The lowest BCUT2D eigenvalue weighted by molar-refractivity contribution is -0.383. The Labute approximate surface area is 104 Å². The number of hydrogen-bond donors (Lipinski definition) is 2. The van der Waals surface area contributed by atoms with Gasteiger partial charge >= 0.3 is 0 Å². The van der Waals surface area contributed by atoms with Gasteiger partial charge in [-0.3, -0.25) is 15.1 Å². The molecule has 0 aliphatic heterocycles. The first-order valence-electron chi connectivity index (χ1n) is 5.63. The van der Waals surface area contributed by atoms with Crippen molar-refractivity contribution in [3.05, 3.63) is 40.7 Å². The standard InChI is InChI=1S/C12H14N4O2/c1-13-6-7-15-11-2-3-12(16(17)18)10-8-14-5-4-9(10)11/h2-5,8,13,15H,6-7H2,1H3. The van der Waals surface area contributed by atoms with E-state index in [4.69, 9.17) is 0 Å². The van der Waals surface area contributed by atoms with Crippen molar-refractivity contribution in [1.29, 1.82) is 0 Å². The molecule has 1 aromatic heterocycles. The van der Waals surface area contributed by atoms with E-state index in [1.807, 2.05) is 7.05 Å².